The predicted octanol–water partition coefficient (Wildman–Crippen LogP) is 0.000600. The molecule has 3 aromatic heterocycles. The molecule has 0 aromatic carbocycles. The molecule has 3 heterocycles. The van der Waals surface area contributed by atoms with Crippen molar-refractivity contribution in [2.75, 3.05) is 0 Å². The van der Waals surface area contributed by atoms with Crippen LogP contribution in [0.1, 0.15) is 0 Å². The zero-order valence-electron chi connectivity index (χ0n) is 5.97. The quantitative estimate of drug-likeness (QED) is 0.502. The van der Waals surface area contributed by atoms with E-state index in [2.05, 4.69) is 25.3 Å². The minimum absolute atomic E-state index is 0.754. The standard InChI is InChI=1S/C6H4N6/c1-4-5-6(8-2-7-5)9-3-12(4)11-10-1/h1-3H,(H,7,8). The molecule has 0 bridgehead atoms. The van der Waals surface area contributed by atoms with Gasteiger partial charge in [-0.1, -0.05) is 5.21 Å². The van der Waals surface area contributed by atoms with E-state index in [9.17, 15) is 0 Å². The Labute approximate surface area is 66.3 Å². The average Bonchev–Trinajstić information content (AvgIpc) is 2.71. The summed E-state index contributed by atoms with van der Waals surface area (Å²) in [5.41, 5.74) is 2.41. The normalized spacial score (nSPS) is 11.3. The lowest BCUT2D eigenvalue weighted by Crippen LogP contribution is -1.89. The number of H-pyrrole nitrogens is 1. The Hall–Kier alpha value is -1.98. The van der Waals surface area contributed by atoms with Crippen LogP contribution in [0.2, 0.25) is 0 Å². The number of imidazole rings is 1. The third-order valence-corrected chi connectivity index (χ3v) is 1.73. The van der Waals surface area contributed by atoms with E-state index in [1.54, 1.807) is 23.4 Å². The lowest BCUT2D eigenvalue weighted by Gasteiger charge is -1.89. The summed E-state index contributed by atoms with van der Waals surface area (Å²) in [6.45, 7) is 0. The van der Waals surface area contributed by atoms with Crippen molar-refractivity contribution in [2.45, 2.75) is 0 Å². The van der Waals surface area contributed by atoms with Gasteiger partial charge >= 0.3 is 0 Å². The third kappa shape index (κ3) is 0.541. The van der Waals surface area contributed by atoms with Gasteiger partial charge < -0.3 is 4.98 Å². The van der Waals surface area contributed by atoms with Crippen LogP contribution < -0.4 is 0 Å². The molecule has 0 unspecified atom stereocenters. The Bertz CT molecular complexity index is 485. The number of aromatic nitrogens is 6. The van der Waals surface area contributed by atoms with E-state index in [0.29, 0.717) is 0 Å². The highest BCUT2D eigenvalue weighted by Gasteiger charge is 2.03. The van der Waals surface area contributed by atoms with E-state index in [-0.39, 0.29) is 0 Å². The Morgan fingerprint density at radius 1 is 1.33 bits per heavy atom. The summed E-state index contributed by atoms with van der Waals surface area (Å²) in [5, 5.41) is 7.55. The fourth-order valence-electron chi connectivity index (χ4n) is 1.18. The summed E-state index contributed by atoms with van der Waals surface area (Å²) in [6, 6.07) is 0. The molecule has 0 spiro atoms. The molecule has 0 aliphatic heterocycles. The fourth-order valence-corrected chi connectivity index (χ4v) is 1.18. The van der Waals surface area contributed by atoms with Gasteiger partial charge in [-0.3, -0.25) is 0 Å². The van der Waals surface area contributed by atoms with E-state index in [1.807, 2.05) is 0 Å². The monoisotopic (exact) mass is 160 g/mol. The van der Waals surface area contributed by atoms with Crippen molar-refractivity contribution in [3.8, 4) is 0 Å². The molecular weight excluding hydrogens is 156 g/mol. The molecule has 0 aliphatic rings. The zero-order chi connectivity index (χ0) is 7.97. The largest absolute Gasteiger partial charge is 0.329 e. The van der Waals surface area contributed by atoms with Gasteiger partial charge in [-0.25, -0.2) is 9.97 Å². The second-order valence-corrected chi connectivity index (χ2v) is 2.41. The first-order chi connectivity index (χ1) is 5.95. The molecule has 0 fully saturated rings. The summed E-state index contributed by atoms with van der Waals surface area (Å²) in [4.78, 5) is 11.1. The SMILES string of the molecule is c1nc2c(ncn3nncc23)[nH]1. The molecule has 12 heavy (non-hydrogen) atoms. The summed E-state index contributed by atoms with van der Waals surface area (Å²) in [7, 11) is 0. The molecule has 58 valence electrons. The van der Waals surface area contributed by atoms with Gasteiger partial charge in [0.05, 0.1) is 12.5 Å². The van der Waals surface area contributed by atoms with Crippen LogP contribution >= 0.6 is 0 Å². The molecule has 1 N–H and O–H groups in total. The van der Waals surface area contributed by atoms with Crippen LogP contribution in [0, 0.1) is 0 Å². The smallest absolute Gasteiger partial charge is 0.161 e. The molecule has 0 amide bonds. The molecule has 0 saturated carbocycles. The van der Waals surface area contributed by atoms with Gasteiger partial charge in [-0.2, -0.15) is 4.52 Å². The molecule has 0 aliphatic carbocycles. The van der Waals surface area contributed by atoms with Crippen molar-refractivity contribution >= 4 is 16.7 Å². The van der Waals surface area contributed by atoms with Crippen LogP contribution in [-0.2, 0) is 0 Å². The topological polar surface area (TPSA) is 71.8 Å². The number of rotatable bonds is 0. The molecule has 0 saturated heterocycles. The van der Waals surface area contributed by atoms with E-state index in [0.717, 1.165) is 16.7 Å². The number of hydrogen-bond donors (Lipinski definition) is 1. The summed E-state index contributed by atoms with van der Waals surface area (Å²) >= 11 is 0. The lowest BCUT2D eigenvalue weighted by atomic mass is 10.4. The molecule has 0 radical (unpaired) electrons. The van der Waals surface area contributed by atoms with E-state index >= 15 is 0 Å². The highest BCUT2D eigenvalue weighted by atomic mass is 15.4. The summed E-state index contributed by atoms with van der Waals surface area (Å²) in [6.07, 6.45) is 4.86. The number of aromatic amines is 1. The number of nitrogens with one attached hydrogen (secondary N) is 1. The first-order valence-electron chi connectivity index (χ1n) is 3.43. The van der Waals surface area contributed by atoms with Crippen molar-refractivity contribution < 1.29 is 0 Å². The molecule has 6 nitrogen and oxygen atoms in total. The van der Waals surface area contributed by atoms with Crippen molar-refractivity contribution in [1.82, 2.24) is 29.8 Å². The second kappa shape index (κ2) is 1.79. The highest BCUT2D eigenvalue weighted by Crippen LogP contribution is 2.10. The Morgan fingerprint density at radius 3 is 3.33 bits per heavy atom. The maximum Gasteiger partial charge on any atom is 0.161 e. The number of hydrogen-bond acceptors (Lipinski definition) is 4. The molecule has 0 atom stereocenters. The Balaban J connectivity index is 2.71. The first-order valence-corrected chi connectivity index (χ1v) is 3.43. The highest BCUT2D eigenvalue weighted by molar-refractivity contribution is 5.86. The van der Waals surface area contributed by atoms with Crippen LogP contribution in [0.25, 0.3) is 16.7 Å². The van der Waals surface area contributed by atoms with E-state index < -0.39 is 0 Å². The van der Waals surface area contributed by atoms with Gasteiger partial charge in [-0.15, -0.1) is 5.10 Å². The number of fused-ring (bicyclic) bond motifs is 3. The van der Waals surface area contributed by atoms with Gasteiger partial charge in [0.2, 0.25) is 0 Å². The molecule has 6 heteroatoms. The minimum atomic E-state index is 0.754. The van der Waals surface area contributed by atoms with Gasteiger partial charge in [-0.05, 0) is 0 Å². The van der Waals surface area contributed by atoms with Crippen molar-refractivity contribution in [3.63, 3.8) is 0 Å². The van der Waals surface area contributed by atoms with Crippen molar-refractivity contribution in [1.29, 1.82) is 0 Å². The van der Waals surface area contributed by atoms with Crippen LogP contribution in [0.5, 0.6) is 0 Å². The van der Waals surface area contributed by atoms with Crippen LogP contribution in [0.15, 0.2) is 18.9 Å². The van der Waals surface area contributed by atoms with Gasteiger partial charge in [0.15, 0.2) is 5.65 Å². The third-order valence-electron chi connectivity index (χ3n) is 1.73. The van der Waals surface area contributed by atoms with Crippen LogP contribution in [0.4, 0.5) is 0 Å². The minimum Gasteiger partial charge on any atom is -0.329 e. The van der Waals surface area contributed by atoms with Crippen molar-refractivity contribution in [2.24, 2.45) is 0 Å². The maximum absolute atomic E-state index is 4.10. The molecule has 3 aromatic rings. The Kier molecular flexibility index (Phi) is 0.840. The van der Waals surface area contributed by atoms with Gasteiger partial charge in [0.1, 0.15) is 17.4 Å². The average molecular weight is 160 g/mol. The molecule has 3 rings (SSSR count). The summed E-state index contributed by atoms with van der Waals surface area (Å²) < 4.78 is 1.59. The molecular formula is C6H4N6. The first kappa shape index (κ1) is 5.64. The summed E-state index contributed by atoms with van der Waals surface area (Å²) in [5.74, 6) is 0. The zero-order valence-corrected chi connectivity index (χ0v) is 5.97. The second-order valence-electron chi connectivity index (χ2n) is 2.41. The predicted molar refractivity (Wildman–Crippen MR) is 40.4 cm³/mol. The van der Waals surface area contributed by atoms with E-state index in [1.165, 1.54) is 0 Å². The fraction of sp³-hybridized carbons (Fsp3) is 0. The lowest BCUT2D eigenvalue weighted by molar-refractivity contribution is 0.839. The van der Waals surface area contributed by atoms with Crippen LogP contribution in [0.3, 0.4) is 0 Å². The van der Waals surface area contributed by atoms with Crippen LogP contribution in [-0.4, -0.2) is 29.8 Å². The Morgan fingerprint density at radius 2 is 2.33 bits per heavy atom. The van der Waals surface area contributed by atoms with Gasteiger partial charge in [0, 0.05) is 0 Å². The maximum atomic E-state index is 4.10. The van der Waals surface area contributed by atoms with Crippen molar-refractivity contribution in [3.05, 3.63) is 18.9 Å². The van der Waals surface area contributed by atoms with Gasteiger partial charge in [0.25, 0.3) is 0 Å². The van der Waals surface area contributed by atoms with E-state index in [4.69, 9.17) is 0 Å². The number of nitrogens with zero attached hydrogens (tertiary/aromatic N) is 5.